The number of methoxy groups -OCH3 is 1. The summed E-state index contributed by atoms with van der Waals surface area (Å²) in [6, 6.07) is 15.7. The predicted molar refractivity (Wildman–Crippen MR) is 92.8 cm³/mol. The van der Waals surface area contributed by atoms with Gasteiger partial charge in [0.05, 0.1) is 19.4 Å². The highest BCUT2D eigenvalue weighted by Gasteiger charge is 2.42. The van der Waals surface area contributed by atoms with Gasteiger partial charge in [0.1, 0.15) is 11.7 Å². The van der Waals surface area contributed by atoms with Gasteiger partial charge >= 0.3 is 5.97 Å². The summed E-state index contributed by atoms with van der Waals surface area (Å²) in [5, 5.41) is 8.51. The lowest BCUT2D eigenvalue weighted by molar-refractivity contribution is -0.146. The summed E-state index contributed by atoms with van der Waals surface area (Å²) in [5.41, 5.74) is 3.27. The van der Waals surface area contributed by atoms with Crippen molar-refractivity contribution in [2.24, 2.45) is 5.92 Å². The highest BCUT2D eigenvalue weighted by molar-refractivity contribution is 6.14. The summed E-state index contributed by atoms with van der Waals surface area (Å²) in [4.78, 5) is 12.5. The van der Waals surface area contributed by atoms with Crippen LogP contribution in [0.5, 0.6) is 5.75 Å². The molecule has 1 N–H and O–H groups in total. The Morgan fingerprint density at radius 3 is 2.58 bits per heavy atom. The lowest BCUT2D eigenvalue weighted by Gasteiger charge is -2.19. The standard InChI is InChI=1S/C20H21NO3/c1-3-24-20(22)18-16(11-13-7-5-4-6-8-13)15-10-9-14(23-2)12-17(15)19(18)21/h4-10,12,16,18,21H,3,11H2,1-2H3/t16-,18-/m1/s1. The van der Waals surface area contributed by atoms with Gasteiger partial charge in [0.15, 0.2) is 0 Å². The zero-order chi connectivity index (χ0) is 17.1. The molecule has 0 bridgehead atoms. The maximum absolute atomic E-state index is 12.5. The molecule has 3 rings (SSSR count). The van der Waals surface area contributed by atoms with Crippen LogP contribution < -0.4 is 4.74 Å². The SMILES string of the molecule is CCOC(=O)[C@H]1C(=N)c2cc(OC)ccc2[C@H]1Cc1ccccc1. The maximum atomic E-state index is 12.5. The first-order chi connectivity index (χ1) is 11.7. The Morgan fingerprint density at radius 2 is 1.92 bits per heavy atom. The van der Waals surface area contributed by atoms with E-state index in [1.807, 2.05) is 48.5 Å². The number of rotatable bonds is 5. The van der Waals surface area contributed by atoms with E-state index < -0.39 is 5.92 Å². The minimum Gasteiger partial charge on any atom is -0.497 e. The second-order valence-corrected chi connectivity index (χ2v) is 5.89. The molecule has 4 heteroatoms. The van der Waals surface area contributed by atoms with Crippen molar-refractivity contribution in [2.45, 2.75) is 19.3 Å². The summed E-state index contributed by atoms with van der Waals surface area (Å²) in [7, 11) is 1.60. The van der Waals surface area contributed by atoms with Gasteiger partial charge < -0.3 is 14.9 Å². The van der Waals surface area contributed by atoms with Gasteiger partial charge in [-0.15, -0.1) is 0 Å². The predicted octanol–water partition coefficient (Wildman–Crippen LogP) is 3.58. The molecule has 0 radical (unpaired) electrons. The molecule has 0 saturated heterocycles. The molecule has 1 aliphatic rings. The summed E-state index contributed by atoms with van der Waals surface area (Å²) < 4.78 is 10.5. The van der Waals surface area contributed by atoms with E-state index in [0.717, 1.165) is 16.7 Å². The van der Waals surface area contributed by atoms with E-state index >= 15 is 0 Å². The minimum absolute atomic E-state index is 0.0835. The van der Waals surface area contributed by atoms with E-state index in [-0.39, 0.29) is 11.9 Å². The Morgan fingerprint density at radius 1 is 1.17 bits per heavy atom. The third-order valence-corrected chi connectivity index (χ3v) is 4.50. The molecular formula is C20H21NO3. The average Bonchev–Trinajstić information content (AvgIpc) is 2.87. The Bertz CT molecular complexity index is 755. The molecule has 4 nitrogen and oxygen atoms in total. The molecule has 1 aliphatic carbocycles. The maximum Gasteiger partial charge on any atom is 0.315 e. The van der Waals surface area contributed by atoms with Crippen LogP contribution in [-0.2, 0) is 16.0 Å². The zero-order valence-electron chi connectivity index (χ0n) is 13.9. The summed E-state index contributed by atoms with van der Waals surface area (Å²) >= 11 is 0. The van der Waals surface area contributed by atoms with E-state index in [1.54, 1.807) is 14.0 Å². The summed E-state index contributed by atoms with van der Waals surface area (Å²) in [5.74, 6) is -0.271. The van der Waals surface area contributed by atoms with Crippen molar-refractivity contribution in [3.05, 3.63) is 65.2 Å². The van der Waals surface area contributed by atoms with Gasteiger partial charge in [0.25, 0.3) is 0 Å². The van der Waals surface area contributed by atoms with E-state index in [0.29, 0.717) is 24.5 Å². The van der Waals surface area contributed by atoms with Crippen LogP contribution in [0.2, 0.25) is 0 Å². The van der Waals surface area contributed by atoms with Crippen LogP contribution >= 0.6 is 0 Å². The van der Waals surface area contributed by atoms with Gasteiger partial charge in [-0.25, -0.2) is 0 Å². The highest BCUT2D eigenvalue weighted by Crippen LogP contribution is 2.42. The number of fused-ring (bicyclic) bond motifs is 1. The first-order valence-electron chi connectivity index (χ1n) is 8.13. The Hall–Kier alpha value is -2.62. The quantitative estimate of drug-likeness (QED) is 0.856. The van der Waals surface area contributed by atoms with Gasteiger partial charge in [0, 0.05) is 11.5 Å². The molecule has 0 aromatic heterocycles. The van der Waals surface area contributed by atoms with Crippen molar-refractivity contribution in [2.75, 3.05) is 13.7 Å². The Kier molecular flexibility index (Phi) is 4.65. The fourth-order valence-electron chi connectivity index (χ4n) is 3.38. The van der Waals surface area contributed by atoms with Crippen LogP contribution in [0.1, 0.15) is 29.5 Å². The minimum atomic E-state index is -0.563. The molecule has 0 heterocycles. The number of carbonyl (C=O) groups is 1. The number of hydrogen-bond donors (Lipinski definition) is 1. The number of nitrogens with one attached hydrogen (secondary N) is 1. The van der Waals surface area contributed by atoms with Crippen LogP contribution in [0.4, 0.5) is 0 Å². The van der Waals surface area contributed by atoms with E-state index in [9.17, 15) is 4.79 Å². The molecule has 2 atom stereocenters. The first kappa shape index (κ1) is 16.2. The fourth-order valence-corrected chi connectivity index (χ4v) is 3.38. The molecule has 124 valence electrons. The van der Waals surface area contributed by atoms with E-state index in [1.165, 1.54) is 0 Å². The topological polar surface area (TPSA) is 59.4 Å². The molecule has 0 fully saturated rings. The largest absolute Gasteiger partial charge is 0.497 e. The third kappa shape index (κ3) is 2.92. The van der Waals surface area contributed by atoms with Gasteiger partial charge in [0.2, 0.25) is 0 Å². The highest BCUT2D eigenvalue weighted by atomic mass is 16.5. The number of benzene rings is 2. The number of hydrogen-bond acceptors (Lipinski definition) is 4. The average molecular weight is 323 g/mol. The van der Waals surface area contributed by atoms with Gasteiger partial charge in [-0.1, -0.05) is 36.4 Å². The molecular weight excluding hydrogens is 302 g/mol. The second-order valence-electron chi connectivity index (χ2n) is 5.89. The van der Waals surface area contributed by atoms with Crippen molar-refractivity contribution in [3.8, 4) is 5.75 Å². The molecule has 0 spiro atoms. The lowest BCUT2D eigenvalue weighted by Crippen LogP contribution is -2.27. The smallest absolute Gasteiger partial charge is 0.315 e. The molecule has 2 aromatic carbocycles. The Balaban J connectivity index is 2.01. The monoisotopic (exact) mass is 323 g/mol. The molecule has 0 aliphatic heterocycles. The zero-order valence-corrected chi connectivity index (χ0v) is 13.9. The number of carbonyl (C=O) groups excluding carboxylic acids is 1. The van der Waals surface area contributed by atoms with Crippen molar-refractivity contribution in [3.63, 3.8) is 0 Å². The van der Waals surface area contributed by atoms with Crippen LogP contribution in [0, 0.1) is 11.3 Å². The summed E-state index contributed by atoms with van der Waals surface area (Å²) in [6.07, 6.45) is 0.700. The second kappa shape index (κ2) is 6.87. The van der Waals surface area contributed by atoms with E-state index in [2.05, 4.69) is 0 Å². The van der Waals surface area contributed by atoms with Crippen LogP contribution in [-0.4, -0.2) is 25.4 Å². The molecule has 0 unspecified atom stereocenters. The first-order valence-corrected chi connectivity index (χ1v) is 8.13. The van der Waals surface area contributed by atoms with Gasteiger partial charge in [-0.3, -0.25) is 4.79 Å². The van der Waals surface area contributed by atoms with Gasteiger partial charge in [-0.05, 0) is 36.6 Å². The number of ether oxygens (including phenoxy) is 2. The van der Waals surface area contributed by atoms with Crippen molar-refractivity contribution in [1.82, 2.24) is 0 Å². The normalized spacial score (nSPS) is 19.0. The molecule has 24 heavy (non-hydrogen) atoms. The fraction of sp³-hybridized carbons (Fsp3) is 0.300. The van der Waals surface area contributed by atoms with Crippen LogP contribution in [0.3, 0.4) is 0 Å². The molecule has 2 aromatic rings. The lowest BCUT2D eigenvalue weighted by atomic mass is 9.86. The number of esters is 1. The Labute approximate surface area is 141 Å². The van der Waals surface area contributed by atoms with Crippen molar-refractivity contribution in [1.29, 1.82) is 5.41 Å². The summed E-state index contributed by atoms with van der Waals surface area (Å²) in [6.45, 7) is 2.11. The van der Waals surface area contributed by atoms with Crippen molar-refractivity contribution < 1.29 is 14.3 Å². The van der Waals surface area contributed by atoms with Gasteiger partial charge in [-0.2, -0.15) is 0 Å². The van der Waals surface area contributed by atoms with Crippen LogP contribution in [0.25, 0.3) is 0 Å². The third-order valence-electron chi connectivity index (χ3n) is 4.50. The molecule has 0 amide bonds. The van der Waals surface area contributed by atoms with E-state index in [4.69, 9.17) is 14.9 Å². The van der Waals surface area contributed by atoms with Crippen LogP contribution in [0.15, 0.2) is 48.5 Å². The molecule has 0 saturated carbocycles. The van der Waals surface area contributed by atoms with Crippen molar-refractivity contribution >= 4 is 11.7 Å².